The van der Waals surface area contributed by atoms with Crippen LogP contribution in [0.4, 0.5) is 13.2 Å². The van der Waals surface area contributed by atoms with Crippen molar-refractivity contribution in [3.8, 4) is 11.5 Å². The van der Waals surface area contributed by atoms with Crippen LogP contribution in [0.15, 0.2) is 12.1 Å². The first-order chi connectivity index (χ1) is 7.36. The van der Waals surface area contributed by atoms with Crippen molar-refractivity contribution in [2.75, 3.05) is 13.6 Å². The maximum Gasteiger partial charge on any atom is 0.416 e. The molecule has 0 radical (unpaired) electrons. The molecule has 0 unspecified atom stereocenters. The molecule has 0 saturated carbocycles. The number of nitrogens with one attached hydrogen (secondary N) is 1. The highest BCUT2D eigenvalue weighted by Crippen LogP contribution is 2.38. The Bertz CT molecular complexity index is 377. The fourth-order valence-corrected chi connectivity index (χ4v) is 1.35. The minimum Gasteiger partial charge on any atom is -0.504 e. The predicted octanol–water partition coefficient (Wildman–Crippen LogP) is 1.88. The summed E-state index contributed by atoms with van der Waals surface area (Å²) in [5.41, 5.74) is -0.963. The van der Waals surface area contributed by atoms with Gasteiger partial charge in [0.15, 0.2) is 11.5 Å². The quantitative estimate of drug-likeness (QED) is 0.701. The second-order valence-electron chi connectivity index (χ2n) is 3.35. The van der Waals surface area contributed by atoms with Gasteiger partial charge in [0.1, 0.15) is 0 Å². The number of halogens is 3. The van der Waals surface area contributed by atoms with Gasteiger partial charge in [-0.1, -0.05) is 0 Å². The molecule has 16 heavy (non-hydrogen) atoms. The number of likely N-dealkylation sites (N-methyl/N-ethyl adjacent to an activating group) is 1. The molecule has 3 nitrogen and oxygen atoms in total. The molecule has 90 valence electrons. The largest absolute Gasteiger partial charge is 0.504 e. The van der Waals surface area contributed by atoms with Crippen LogP contribution in [0.5, 0.6) is 11.5 Å². The Balaban J connectivity index is 3.17. The number of benzene rings is 1. The molecule has 0 heterocycles. The molecule has 6 heteroatoms. The molecule has 0 spiro atoms. The number of phenolic OH excluding ortho intramolecular Hbond substituents is 2. The average Bonchev–Trinajstić information content (AvgIpc) is 2.17. The maximum atomic E-state index is 12.6. The molecule has 0 aromatic heterocycles. The van der Waals surface area contributed by atoms with Crippen LogP contribution in [0, 0.1) is 0 Å². The summed E-state index contributed by atoms with van der Waals surface area (Å²) in [4.78, 5) is 0. The van der Waals surface area contributed by atoms with E-state index in [1.807, 2.05) is 0 Å². The van der Waals surface area contributed by atoms with Crippen molar-refractivity contribution in [3.05, 3.63) is 23.3 Å². The number of aromatic hydroxyl groups is 2. The van der Waals surface area contributed by atoms with E-state index in [4.69, 9.17) is 10.2 Å². The number of hydrogen-bond acceptors (Lipinski definition) is 3. The summed E-state index contributed by atoms with van der Waals surface area (Å²) in [7, 11) is 1.62. The fraction of sp³-hybridized carbons (Fsp3) is 0.400. The van der Waals surface area contributed by atoms with Crippen molar-refractivity contribution < 1.29 is 23.4 Å². The minimum atomic E-state index is -4.53. The number of hydrogen-bond donors (Lipinski definition) is 3. The molecule has 0 atom stereocenters. The lowest BCUT2D eigenvalue weighted by atomic mass is 10.0. The highest BCUT2D eigenvalue weighted by molar-refractivity contribution is 5.46. The van der Waals surface area contributed by atoms with Gasteiger partial charge in [0, 0.05) is 0 Å². The van der Waals surface area contributed by atoms with Crippen LogP contribution in [-0.4, -0.2) is 23.8 Å². The summed E-state index contributed by atoms with van der Waals surface area (Å²) >= 11 is 0. The summed E-state index contributed by atoms with van der Waals surface area (Å²) in [6, 6.07) is 1.48. The van der Waals surface area contributed by atoms with Gasteiger partial charge in [-0.3, -0.25) is 0 Å². The monoisotopic (exact) mass is 235 g/mol. The van der Waals surface area contributed by atoms with E-state index in [9.17, 15) is 13.2 Å². The molecule has 0 saturated heterocycles. The molecule has 0 aliphatic rings. The second-order valence-corrected chi connectivity index (χ2v) is 3.35. The van der Waals surface area contributed by atoms with Gasteiger partial charge < -0.3 is 15.5 Å². The smallest absolute Gasteiger partial charge is 0.416 e. The third kappa shape index (κ3) is 2.79. The Morgan fingerprint density at radius 1 is 1.19 bits per heavy atom. The van der Waals surface area contributed by atoms with E-state index in [0.29, 0.717) is 12.6 Å². The number of phenols is 2. The lowest BCUT2D eigenvalue weighted by Crippen LogP contribution is -2.15. The highest BCUT2D eigenvalue weighted by Gasteiger charge is 2.34. The summed E-state index contributed by atoms with van der Waals surface area (Å²) in [6.45, 7) is 0.354. The minimum absolute atomic E-state index is 0.0443. The van der Waals surface area contributed by atoms with Crippen LogP contribution in [0.2, 0.25) is 0 Å². The SMILES string of the molecule is CNCCc1cc(O)c(O)cc1C(F)(F)F. The van der Waals surface area contributed by atoms with Crippen molar-refractivity contribution in [2.24, 2.45) is 0 Å². The lowest BCUT2D eigenvalue weighted by molar-refractivity contribution is -0.138. The molecule has 0 amide bonds. The fourth-order valence-electron chi connectivity index (χ4n) is 1.35. The summed E-state index contributed by atoms with van der Waals surface area (Å²) in [5.74, 6) is -1.31. The van der Waals surface area contributed by atoms with E-state index in [1.165, 1.54) is 0 Å². The first-order valence-corrected chi connectivity index (χ1v) is 4.63. The van der Waals surface area contributed by atoms with E-state index in [0.717, 1.165) is 6.07 Å². The van der Waals surface area contributed by atoms with Crippen molar-refractivity contribution >= 4 is 0 Å². The molecule has 0 aliphatic heterocycles. The van der Waals surface area contributed by atoms with Gasteiger partial charge in [0.2, 0.25) is 0 Å². The summed E-state index contributed by atoms with van der Waals surface area (Å²) < 4.78 is 37.7. The van der Waals surface area contributed by atoms with Crippen molar-refractivity contribution in [3.63, 3.8) is 0 Å². The predicted molar refractivity (Wildman–Crippen MR) is 52.4 cm³/mol. The van der Waals surface area contributed by atoms with Gasteiger partial charge in [-0.25, -0.2) is 0 Å². The van der Waals surface area contributed by atoms with Gasteiger partial charge in [0.05, 0.1) is 5.56 Å². The zero-order valence-corrected chi connectivity index (χ0v) is 8.60. The van der Waals surface area contributed by atoms with Crippen LogP contribution in [-0.2, 0) is 12.6 Å². The van der Waals surface area contributed by atoms with Crippen LogP contribution >= 0.6 is 0 Å². The van der Waals surface area contributed by atoms with Crippen molar-refractivity contribution in [1.29, 1.82) is 0 Å². The molecular weight excluding hydrogens is 223 g/mol. The number of rotatable bonds is 3. The first kappa shape index (κ1) is 12.6. The molecule has 0 fully saturated rings. The summed E-state index contributed by atoms with van der Waals surface area (Å²) in [5, 5.41) is 20.9. The molecule has 1 aromatic carbocycles. The zero-order valence-electron chi connectivity index (χ0n) is 8.60. The van der Waals surface area contributed by atoms with E-state index in [2.05, 4.69) is 5.32 Å². The van der Waals surface area contributed by atoms with Gasteiger partial charge in [-0.2, -0.15) is 13.2 Å². The third-order valence-electron chi connectivity index (χ3n) is 2.15. The van der Waals surface area contributed by atoms with E-state index in [1.54, 1.807) is 7.05 Å². The second kappa shape index (κ2) is 4.61. The van der Waals surface area contributed by atoms with E-state index in [-0.39, 0.29) is 12.0 Å². The highest BCUT2D eigenvalue weighted by atomic mass is 19.4. The Labute approximate surface area is 90.5 Å². The first-order valence-electron chi connectivity index (χ1n) is 4.63. The van der Waals surface area contributed by atoms with E-state index < -0.39 is 23.2 Å². The van der Waals surface area contributed by atoms with Crippen LogP contribution in [0.25, 0.3) is 0 Å². The van der Waals surface area contributed by atoms with Crippen LogP contribution < -0.4 is 5.32 Å². The van der Waals surface area contributed by atoms with E-state index >= 15 is 0 Å². The maximum absolute atomic E-state index is 12.6. The molecule has 0 aliphatic carbocycles. The van der Waals surface area contributed by atoms with Gasteiger partial charge >= 0.3 is 6.18 Å². The standard InChI is InChI=1S/C10H12F3NO2/c1-14-3-2-6-4-8(15)9(16)5-7(6)10(11,12)13/h4-5,14-16H,2-3H2,1H3. The molecular formula is C10H12F3NO2. The molecule has 1 rings (SSSR count). The van der Waals surface area contributed by atoms with Gasteiger partial charge in [-0.05, 0) is 37.7 Å². The molecule has 0 bridgehead atoms. The number of alkyl halides is 3. The normalized spacial score (nSPS) is 11.8. The van der Waals surface area contributed by atoms with Gasteiger partial charge in [0.25, 0.3) is 0 Å². The Morgan fingerprint density at radius 2 is 1.75 bits per heavy atom. The van der Waals surface area contributed by atoms with Crippen molar-refractivity contribution in [2.45, 2.75) is 12.6 Å². The summed E-state index contributed by atoms with van der Waals surface area (Å²) in [6.07, 6.45) is -4.41. The Hall–Kier alpha value is -1.43. The Kier molecular flexibility index (Phi) is 3.64. The topological polar surface area (TPSA) is 52.5 Å². The lowest BCUT2D eigenvalue weighted by Gasteiger charge is -2.14. The average molecular weight is 235 g/mol. The van der Waals surface area contributed by atoms with Crippen LogP contribution in [0.1, 0.15) is 11.1 Å². The zero-order chi connectivity index (χ0) is 12.3. The third-order valence-corrected chi connectivity index (χ3v) is 2.15. The van der Waals surface area contributed by atoms with Crippen LogP contribution in [0.3, 0.4) is 0 Å². The van der Waals surface area contributed by atoms with Crippen molar-refractivity contribution in [1.82, 2.24) is 5.32 Å². The van der Waals surface area contributed by atoms with Gasteiger partial charge in [-0.15, -0.1) is 0 Å². The molecule has 3 N–H and O–H groups in total. The molecule has 1 aromatic rings. The Morgan fingerprint density at radius 3 is 2.25 bits per heavy atom.